The highest BCUT2D eigenvalue weighted by molar-refractivity contribution is 7.14. The number of nitrogens with two attached hydrogens (primary N) is 1. The van der Waals surface area contributed by atoms with Crippen LogP contribution in [0.15, 0.2) is 18.2 Å². The van der Waals surface area contributed by atoms with Gasteiger partial charge in [-0.1, -0.05) is 0 Å². The van der Waals surface area contributed by atoms with Gasteiger partial charge >= 0.3 is 5.97 Å². The molecule has 6 nitrogen and oxygen atoms in total. The molecule has 20 heavy (non-hydrogen) atoms. The lowest BCUT2D eigenvalue weighted by Crippen LogP contribution is -2.42. The van der Waals surface area contributed by atoms with Gasteiger partial charge in [-0.2, -0.15) is 0 Å². The van der Waals surface area contributed by atoms with Gasteiger partial charge in [-0.05, 0) is 32.1 Å². The van der Waals surface area contributed by atoms with Crippen LogP contribution in [0.1, 0.15) is 28.4 Å². The van der Waals surface area contributed by atoms with E-state index < -0.39 is 11.9 Å². The zero-order chi connectivity index (χ0) is 15.3. The van der Waals surface area contributed by atoms with Crippen molar-refractivity contribution < 1.29 is 19.5 Å². The summed E-state index contributed by atoms with van der Waals surface area (Å²) >= 11 is 1.16. The average Bonchev–Trinajstić information content (AvgIpc) is 2.80. The Morgan fingerprint density at radius 1 is 1.40 bits per heavy atom. The molecule has 0 atom stereocenters. The molecule has 1 rings (SSSR count). The molecule has 0 saturated carbocycles. The number of rotatable bonds is 6. The molecule has 7 heteroatoms. The lowest BCUT2D eigenvalue weighted by Gasteiger charge is -2.24. The highest BCUT2D eigenvalue weighted by Crippen LogP contribution is 2.20. The van der Waals surface area contributed by atoms with Crippen LogP contribution in [0.25, 0.3) is 6.08 Å². The van der Waals surface area contributed by atoms with Crippen molar-refractivity contribution in [3.8, 4) is 0 Å². The fraction of sp³-hybridized carbons (Fsp3) is 0.308. The van der Waals surface area contributed by atoms with Gasteiger partial charge in [-0.3, -0.25) is 9.59 Å². The Balaban J connectivity index is 2.90. The second kappa shape index (κ2) is 6.85. The summed E-state index contributed by atoms with van der Waals surface area (Å²) in [5, 5.41) is 8.54. The number of nitrogens with zero attached hydrogens (tertiary/aromatic N) is 1. The van der Waals surface area contributed by atoms with Crippen LogP contribution in [0.4, 0.5) is 0 Å². The Labute approximate surface area is 120 Å². The van der Waals surface area contributed by atoms with E-state index in [2.05, 4.69) is 0 Å². The summed E-state index contributed by atoms with van der Waals surface area (Å²) in [6.45, 7) is 3.44. The molecule has 2 amide bonds. The first kappa shape index (κ1) is 15.9. The van der Waals surface area contributed by atoms with E-state index in [1.54, 1.807) is 26.0 Å². The predicted octanol–water partition coefficient (Wildman–Crippen LogP) is 1.18. The maximum atomic E-state index is 12.3. The van der Waals surface area contributed by atoms with Crippen LogP contribution in [0.2, 0.25) is 0 Å². The minimum Gasteiger partial charge on any atom is -0.478 e. The van der Waals surface area contributed by atoms with Crippen molar-refractivity contribution in [2.75, 3.05) is 6.54 Å². The van der Waals surface area contributed by atoms with E-state index in [1.807, 2.05) is 0 Å². The number of carboxylic acid groups (broad SMARTS) is 1. The quantitative estimate of drug-likeness (QED) is 0.770. The Bertz CT molecular complexity index is 548. The Kier molecular flexibility index (Phi) is 5.45. The van der Waals surface area contributed by atoms with Crippen molar-refractivity contribution in [3.05, 3.63) is 28.0 Å². The molecular weight excluding hydrogens is 280 g/mol. The van der Waals surface area contributed by atoms with Gasteiger partial charge in [0.25, 0.3) is 5.91 Å². The van der Waals surface area contributed by atoms with E-state index in [9.17, 15) is 14.4 Å². The summed E-state index contributed by atoms with van der Waals surface area (Å²) in [5.41, 5.74) is 5.13. The zero-order valence-corrected chi connectivity index (χ0v) is 12.0. The van der Waals surface area contributed by atoms with Gasteiger partial charge in [0.2, 0.25) is 5.91 Å². The van der Waals surface area contributed by atoms with E-state index in [1.165, 1.54) is 11.0 Å². The maximum Gasteiger partial charge on any atom is 0.328 e. The van der Waals surface area contributed by atoms with E-state index >= 15 is 0 Å². The highest BCUT2D eigenvalue weighted by Gasteiger charge is 2.21. The van der Waals surface area contributed by atoms with Crippen LogP contribution in [-0.4, -0.2) is 40.4 Å². The first-order chi connectivity index (χ1) is 9.31. The molecule has 0 saturated heterocycles. The molecule has 0 radical (unpaired) electrons. The molecular formula is C13H16N2O4S. The molecule has 0 aliphatic heterocycles. The fourth-order valence-electron chi connectivity index (χ4n) is 1.51. The normalized spacial score (nSPS) is 10.9. The van der Waals surface area contributed by atoms with Crippen LogP contribution >= 0.6 is 11.3 Å². The number of hydrogen-bond donors (Lipinski definition) is 2. The van der Waals surface area contributed by atoms with E-state index in [-0.39, 0.29) is 18.5 Å². The van der Waals surface area contributed by atoms with Crippen LogP contribution in [0, 0.1) is 0 Å². The lowest BCUT2D eigenvalue weighted by atomic mass is 10.2. The van der Waals surface area contributed by atoms with Gasteiger partial charge < -0.3 is 15.7 Å². The molecule has 0 unspecified atom stereocenters. The van der Waals surface area contributed by atoms with Crippen LogP contribution in [-0.2, 0) is 9.59 Å². The average molecular weight is 296 g/mol. The Morgan fingerprint density at radius 3 is 2.55 bits per heavy atom. The summed E-state index contributed by atoms with van der Waals surface area (Å²) < 4.78 is 0. The topological polar surface area (TPSA) is 101 Å². The highest BCUT2D eigenvalue weighted by atomic mass is 32.1. The minimum absolute atomic E-state index is 0.144. The number of carbonyl (C=O) groups excluding carboxylic acids is 2. The lowest BCUT2D eigenvalue weighted by molar-refractivity contribution is -0.131. The van der Waals surface area contributed by atoms with E-state index in [4.69, 9.17) is 10.8 Å². The van der Waals surface area contributed by atoms with Gasteiger partial charge in [0.15, 0.2) is 0 Å². The molecule has 0 aliphatic carbocycles. The monoisotopic (exact) mass is 296 g/mol. The summed E-state index contributed by atoms with van der Waals surface area (Å²) in [5.74, 6) is -1.92. The second-order valence-electron chi connectivity index (χ2n) is 4.37. The third kappa shape index (κ3) is 4.51. The summed E-state index contributed by atoms with van der Waals surface area (Å²) in [6, 6.07) is 3.10. The van der Waals surface area contributed by atoms with Crippen molar-refractivity contribution in [3.63, 3.8) is 0 Å². The van der Waals surface area contributed by atoms with Crippen molar-refractivity contribution >= 4 is 35.2 Å². The molecule has 0 bridgehead atoms. The number of carbonyl (C=O) groups is 3. The standard InChI is InChI=1S/C13H16N2O4S/c1-8(2)15(7-11(14)16)13(19)10-5-3-9(20-10)4-6-12(17)18/h3-6,8H,7H2,1-2H3,(H2,14,16)(H,17,18). The molecule has 1 aromatic heterocycles. The maximum absolute atomic E-state index is 12.3. The van der Waals surface area contributed by atoms with Crippen LogP contribution in [0.3, 0.4) is 0 Å². The third-order valence-electron chi connectivity index (χ3n) is 2.44. The van der Waals surface area contributed by atoms with Crippen molar-refractivity contribution in [2.24, 2.45) is 5.73 Å². The molecule has 108 valence electrons. The van der Waals surface area contributed by atoms with Gasteiger partial charge in [0.05, 0.1) is 11.4 Å². The molecule has 0 aliphatic rings. The first-order valence-corrected chi connectivity index (χ1v) is 6.73. The summed E-state index contributed by atoms with van der Waals surface area (Å²) in [6.07, 6.45) is 2.42. The van der Waals surface area contributed by atoms with E-state index in [0.29, 0.717) is 9.75 Å². The zero-order valence-electron chi connectivity index (χ0n) is 11.2. The molecule has 3 N–H and O–H groups in total. The van der Waals surface area contributed by atoms with Gasteiger partial charge in [0, 0.05) is 17.0 Å². The van der Waals surface area contributed by atoms with Gasteiger partial charge in [-0.25, -0.2) is 4.79 Å². The minimum atomic E-state index is -1.05. The Hall–Kier alpha value is -2.15. The number of primary amides is 1. The number of hydrogen-bond acceptors (Lipinski definition) is 4. The second-order valence-corrected chi connectivity index (χ2v) is 5.48. The SMILES string of the molecule is CC(C)N(CC(N)=O)C(=O)c1ccc(C=CC(=O)O)s1. The summed E-state index contributed by atoms with van der Waals surface area (Å²) in [4.78, 5) is 36.1. The van der Waals surface area contributed by atoms with Gasteiger partial charge in [-0.15, -0.1) is 11.3 Å². The predicted molar refractivity (Wildman–Crippen MR) is 76.4 cm³/mol. The number of thiophene rings is 1. The van der Waals surface area contributed by atoms with Crippen molar-refractivity contribution in [1.82, 2.24) is 4.90 Å². The smallest absolute Gasteiger partial charge is 0.328 e. The Morgan fingerprint density at radius 2 is 2.05 bits per heavy atom. The molecule has 0 aromatic carbocycles. The van der Waals surface area contributed by atoms with Crippen molar-refractivity contribution in [2.45, 2.75) is 19.9 Å². The van der Waals surface area contributed by atoms with E-state index in [0.717, 1.165) is 17.4 Å². The van der Waals surface area contributed by atoms with Crippen molar-refractivity contribution in [1.29, 1.82) is 0 Å². The van der Waals surface area contributed by atoms with Gasteiger partial charge in [0.1, 0.15) is 0 Å². The molecule has 0 fully saturated rings. The summed E-state index contributed by atoms with van der Waals surface area (Å²) in [7, 11) is 0. The largest absolute Gasteiger partial charge is 0.478 e. The number of amides is 2. The third-order valence-corrected chi connectivity index (χ3v) is 3.48. The van der Waals surface area contributed by atoms with Crippen LogP contribution in [0.5, 0.6) is 0 Å². The first-order valence-electron chi connectivity index (χ1n) is 5.91. The fourth-order valence-corrected chi connectivity index (χ4v) is 2.38. The van der Waals surface area contributed by atoms with Crippen LogP contribution < -0.4 is 5.73 Å². The number of aliphatic carboxylic acids is 1. The number of carboxylic acids is 1. The molecule has 1 aromatic rings. The molecule has 0 spiro atoms. The molecule has 1 heterocycles.